The van der Waals surface area contributed by atoms with Gasteiger partial charge in [0.25, 0.3) is 0 Å². The molecule has 0 aliphatic heterocycles. The van der Waals surface area contributed by atoms with Crippen molar-refractivity contribution in [2.45, 2.75) is 40.0 Å². The van der Waals surface area contributed by atoms with Gasteiger partial charge in [0.15, 0.2) is 0 Å². The van der Waals surface area contributed by atoms with Crippen LogP contribution in [0.5, 0.6) is 0 Å². The summed E-state index contributed by atoms with van der Waals surface area (Å²) in [6.07, 6.45) is 2.37. The highest BCUT2D eigenvalue weighted by Gasteiger charge is 2.13. The van der Waals surface area contributed by atoms with Gasteiger partial charge in [-0.25, -0.2) is 4.79 Å². The molecule has 0 spiro atoms. The average Bonchev–Trinajstić information content (AvgIpc) is 2.51. The van der Waals surface area contributed by atoms with E-state index in [1.54, 1.807) is 0 Å². The summed E-state index contributed by atoms with van der Waals surface area (Å²) in [5, 5.41) is 8.71. The van der Waals surface area contributed by atoms with Crippen LogP contribution < -0.4 is 16.0 Å². The smallest absolute Gasteiger partial charge is 0.319 e. The van der Waals surface area contributed by atoms with E-state index in [1.165, 1.54) is 0 Å². The van der Waals surface area contributed by atoms with Crippen molar-refractivity contribution < 1.29 is 9.59 Å². The van der Waals surface area contributed by atoms with Gasteiger partial charge in [0, 0.05) is 11.6 Å². The minimum atomic E-state index is -0.404. The number of benzene rings is 1. The number of hydrogen-bond acceptors (Lipinski definition) is 2. The second-order valence-electron chi connectivity index (χ2n) is 4.92. The summed E-state index contributed by atoms with van der Waals surface area (Å²) in [6.45, 7) is 6.54. The van der Waals surface area contributed by atoms with Crippen LogP contribution in [0.2, 0.25) is 5.02 Å². The van der Waals surface area contributed by atoms with Gasteiger partial charge in [-0.2, -0.15) is 0 Å². The van der Waals surface area contributed by atoms with E-state index >= 15 is 0 Å². The lowest BCUT2D eigenvalue weighted by Crippen LogP contribution is -2.39. The Morgan fingerprint density at radius 2 is 1.82 bits per heavy atom. The number of aryl methyl sites for hydroxylation is 1. The van der Waals surface area contributed by atoms with Crippen LogP contribution in [0.4, 0.5) is 10.5 Å². The zero-order chi connectivity index (χ0) is 16.5. The molecule has 0 heterocycles. The molecule has 5 nitrogen and oxygen atoms in total. The third-order valence-corrected chi connectivity index (χ3v) is 3.65. The van der Waals surface area contributed by atoms with Crippen molar-refractivity contribution in [2.24, 2.45) is 0 Å². The molecule has 6 heteroatoms. The first-order valence-corrected chi connectivity index (χ1v) is 8.02. The van der Waals surface area contributed by atoms with E-state index in [9.17, 15) is 9.59 Å². The second kappa shape index (κ2) is 9.30. The summed E-state index contributed by atoms with van der Waals surface area (Å²) in [6, 6.07) is 3.35. The van der Waals surface area contributed by atoms with Gasteiger partial charge in [-0.15, -0.1) is 0 Å². The molecule has 1 rings (SSSR count). The first-order valence-electron chi connectivity index (χ1n) is 7.65. The van der Waals surface area contributed by atoms with Crippen molar-refractivity contribution >= 4 is 29.2 Å². The van der Waals surface area contributed by atoms with Crippen molar-refractivity contribution in [3.63, 3.8) is 0 Å². The molecule has 0 bridgehead atoms. The summed E-state index contributed by atoms with van der Waals surface area (Å²) in [4.78, 5) is 23.5. The molecule has 0 unspecified atom stereocenters. The predicted octanol–water partition coefficient (Wildman–Crippen LogP) is 3.11. The first-order chi connectivity index (χ1) is 10.5. The van der Waals surface area contributed by atoms with E-state index in [2.05, 4.69) is 16.0 Å². The van der Waals surface area contributed by atoms with Crippen LogP contribution in [-0.4, -0.2) is 25.0 Å². The van der Waals surface area contributed by atoms with Crippen molar-refractivity contribution in [3.8, 4) is 0 Å². The lowest BCUT2D eigenvalue weighted by Gasteiger charge is -2.16. The number of rotatable bonds is 7. The van der Waals surface area contributed by atoms with Gasteiger partial charge < -0.3 is 16.0 Å². The Hall–Kier alpha value is -1.75. The fourth-order valence-electron chi connectivity index (χ4n) is 2.11. The summed E-state index contributed by atoms with van der Waals surface area (Å²) < 4.78 is 0. The van der Waals surface area contributed by atoms with Gasteiger partial charge in [-0.05, 0) is 36.5 Å². The van der Waals surface area contributed by atoms with Gasteiger partial charge in [0.1, 0.15) is 0 Å². The average molecular weight is 326 g/mol. The molecule has 0 aromatic heterocycles. The molecule has 3 amide bonds. The number of nitrogens with one attached hydrogen (secondary N) is 3. The quantitative estimate of drug-likeness (QED) is 0.721. The normalized spacial score (nSPS) is 10.2. The maximum Gasteiger partial charge on any atom is 0.319 e. The SMILES string of the molecule is CCCNC(=O)CNC(=O)Nc1c(CC)ccc(Cl)c1CC. The van der Waals surface area contributed by atoms with Crippen molar-refractivity contribution in [1.29, 1.82) is 0 Å². The highest BCUT2D eigenvalue weighted by Crippen LogP contribution is 2.29. The van der Waals surface area contributed by atoms with E-state index in [1.807, 2.05) is 32.9 Å². The molecule has 0 fully saturated rings. The van der Waals surface area contributed by atoms with Crippen molar-refractivity contribution in [1.82, 2.24) is 10.6 Å². The molecular weight excluding hydrogens is 302 g/mol. The van der Waals surface area contributed by atoms with Crippen LogP contribution >= 0.6 is 11.6 Å². The van der Waals surface area contributed by atoms with Crippen LogP contribution in [0, 0.1) is 0 Å². The molecule has 0 radical (unpaired) electrons. The zero-order valence-electron chi connectivity index (χ0n) is 13.4. The number of hydrogen-bond donors (Lipinski definition) is 3. The zero-order valence-corrected chi connectivity index (χ0v) is 14.1. The minimum Gasteiger partial charge on any atom is -0.355 e. The third-order valence-electron chi connectivity index (χ3n) is 3.30. The Morgan fingerprint density at radius 3 is 2.41 bits per heavy atom. The molecule has 0 atom stereocenters. The summed E-state index contributed by atoms with van der Waals surface area (Å²) in [5.74, 6) is -0.200. The Morgan fingerprint density at radius 1 is 1.09 bits per heavy atom. The third kappa shape index (κ3) is 5.22. The predicted molar refractivity (Wildman–Crippen MR) is 90.5 cm³/mol. The van der Waals surface area contributed by atoms with Gasteiger partial charge in [0.2, 0.25) is 5.91 Å². The Balaban J connectivity index is 2.71. The van der Waals surface area contributed by atoms with E-state index < -0.39 is 6.03 Å². The first kappa shape index (κ1) is 18.3. The Kier molecular flexibility index (Phi) is 7.74. The van der Waals surface area contributed by atoms with Crippen LogP contribution in [0.25, 0.3) is 0 Å². The largest absolute Gasteiger partial charge is 0.355 e. The molecule has 22 heavy (non-hydrogen) atoms. The summed E-state index contributed by atoms with van der Waals surface area (Å²) in [5.41, 5.74) is 2.67. The maximum atomic E-state index is 12.0. The number of halogens is 1. The van der Waals surface area contributed by atoms with E-state index in [0.29, 0.717) is 11.6 Å². The van der Waals surface area contributed by atoms with Crippen LogP contribution in [-0.2, 0) is 17.6 Å². The van der Waals surface area contributed by atoms with Gasteiger partial charge in [0.05, 0.1) is 12.2 Å². The lowest BCUT2D eigenvalue weighted by molar-refractivity contribution is -0.120. The van der Waals surface area contributed by atoms with Crippen LogP contribution in [0.15, 0.2) is 12.1 Å². The Bertz CT molecular complexity index is 532. The van der Waals surface area contributed by atoms with Crippen LogP contribution in [0.1, 0.15) is 38.3 Å². The van der Waals surface area contributed by atoms with Gasteiger partial charge >= 0.3 is 6.03 Å². The van der Waals surface area contributed by atoms with Crippen molar-refractivity contribution in [3.05, 3.63) is 28.3 Å². The molecular formula is C16H24ClN3O2. The summed E-state index contributed by atoms with van der Waals surface area (Å²) >= 11 is 6.19. The fraction of sp³-hybridized carbons (Fsp3) is 0.500. The number of anilines is 1. The monoisotopic (exact) mass is 325 g/mol. The molecule has 0 saturated heterocycles. The number of urea groups is 1. The number of carbonyl (C=O) groups excluding carboxylic acids is 2. The van der Waals surface area contributed by atoms with Crippen molar-refractivity contribution in [2.75, 3.05) is 18.4 Å². The molecule has 1 aromatic carbocycles. The second-order valence-corrected chi connectivity index (χ2v) is 5.33. The molecule has 0 saturated carbocycles. The van der Waals surface area contributed by atoms with E-state index in [0.717, 1.165) is 36.1 Å². The van der Waals surface area contributed by atoms with E-state index in [4.69, 9.17) is 11.6 Å². The fourth-order valence-corrected chi connectivity index (χ4v) is 2.40. The highest BCUT2D eigenvalue weighted by atomic mass is 35.5. The van der Waals surface area contributed by atoms with Gasteiger partial charge in [-0.3, -0.25) is 4.79 Å². The molecule has 0 aliphatic carbocycles. The molecule has 122 valence electrons. The number of carbonyl (C=O) groups is 2. The Labute approximate surface area is 136 Å². The minimum absolute atomic E-state index is 0.0463. The molecule has 1 aromatic rings. The maximum absolute atomic E-state index is 12.0. The standard InChI is InChI=1S/C16H24ClN3O2/c1-4-9-18-14(21)10-19-16(22)20-15-11(5-2)7-8-13(17)12(15)6-3/h7-8H,4-6,9-10H2,1-3H3,(H,18,21)(H2,19,20,22). The lowest BCUT2D eigenvalue weighted by atomic mass is 10.0. The van der Waals surface area contributed by atoms with Gasteiger partial charge in [-0.1, -0.05) is 38.4 Å². The topological polar surface area (TPSA) is 70.2 Å². The number of amides is 3. The molecule has 0 aliphatic rings. The molecule has 3 N–H and O–H groups in total. The van der Waals surface area contributed by atoms with Crippen LogP contribution in [0.3, 0.4) is 0 Å². The highest BCUT2D eigenvalue weighted by molar-refractivity contribution is 6.32. The van der Waals surface area contributed by atoms with E-state index in [-0.39, 0.29) is 12.5 Å². The summed E-state index contributed by atoms with van der Waals surface area (Å²) in [7, 11) is 0.